The average molecular weight is 321 g/mol. The van der Waals surface area contributed by atoms with E-state index in [0.29, 0.717) is 18.0 Å². The molecule has 0 spiro atoms. The quantitative estimate of drug-likeness (QED) is 0.700. The predicted octanol–water partition coefficient (Wildman–Crippen LogP) is 1.95. The molecule has 1 aliphatic heterocycles. The molecular weight excluding hydrogens is 288 g/mol. The summed E-state index contributed by atoms with van der Waals surface area (Å²) in [6, 6.07) is 1.12. The van der Waals surface area contributed by atoms with Crippen LogP contribution in [0.4, 0.5) is 0 Å². The van der Waals surface area contributed by atoms with Crippen molar-refractivity contribution in [3.8, 4) is 0 Å². The van der Waals surface area contributed by atoms with Crippen LogP contribution in [0.25, 0.3) is 0 Å². The Balaban J connectivity index is 0.00000220. The van der Waals surface area contributed by atoms with Gasteiger partial charge in [0, 0.05) is 25.2 Å². The first kappa shape index (κ1) is 19.2. The number of morpholine rings is 1. The van der Waals surface area contributed by atoms with Crippen molar-refractivity contribution in [1.29, 1.82) is 0 Å². The Hall–Kier alpha value is 0.130. The van der Waals surface area contributed by atoms with E-state index in [1.165, 1.54) is 19.3 Å². The van der Waals surface area contributed by atoms with E-state index < -0.39 is 0 Å². The van der Waals surface area contributed by atoms with Gasteiger partial charge in [-0.2, -0.15) is 0 Å². The number of hydrogen-bond donors (Lipinski definition) is 3. The van der Waals surface area contributed by atoms with Gasteiger partial charge in [0.15, 0.2) is 0 Å². The zero-order chi connectivity index (χ0) is 14.6. The van der Waals surface area contributed by atoms with E-state index >= 15 is 0 Å². The highest BCUT2D eigenvalue weighted by atomic mass is 35.5. The smallest absolute Gasteiger partial charge is 0.0623 e. The van der Waals surface area contributed by atoms with Crippen LogP contribution in [-0.2, 0) is 4.74 Å². The van der Waals surface area contributed by atoms with Gasteiger partial charge in [-0.15, -0.1) is 12.4 Å². The fraction of sp³-hybridized carbons (Fsp3) is 1.00. The van der Waals surface area contributed by atoms with Crippen LogP contribution in [0.2, 0.25) is 0 Å². The summed E-state index contributed by atoms with van der Waals surface area (Å²) in [5.74, 6) is 0.692. The van der Waals surface area contributed by atoms with Gasteiger partial charge in [-0.25, -0.2) is 0 Å². The second-order valence-corrected chi connectivity index (χ2v) is 7.44. The standard InChI is InChI=1S/C16H32N2O2.ClH/c1-12(19)9-16(2,3)11-18-14-6-4-5-13(14)15-10-20-8-7-17-15;/h12-15,17-19H,4-11H2,1-3H3;1H. The first-order valence-corrected chi connectivity index (χ1v) is 8.20. The Morgan fingerprint density at radius 3 is 2.76 bits per heavy atom. The van der Waals surface area contributed by atoms with Crippen LogP contribution in [0, 0.1) is 11.3 Å². The largest absolute Gasteiger partial charge is 0.393 e. The van der Waals surface area contributed by atoms with Crippen molar-refractivity contribution in [1.82, 2.24) is 10.6 Å². The van der Waals surface area contributed by atoms with Crippen molar-refractivity contribution in [2.75, 3.05) is 26.3 Å². The fourth-order valence-corrected chi connectivity index (χ4v) is 3.86. The van der Waals surface area contributed by atoms with Gasteiger partial charge in [0.1, 0.15) is 0 Å². The minimum atomic E-state index is -0.223. The lowest BCUT2D eigenvalue weighted by molar-refractivity contribution is 0.0511. The molecule has 4 unspecified atom stereocenters. The van der Waals surface area contributed by atoms with Crippen molar-refractivity contribution in [2.24, 2.45) is 11.3 Å². The topological polar surface area (TPSA) is 53.5 Å². The summed E-state index contributed by atoms with van der Waals surface area (Å²) in [6.07, 6.45) is 4.52. The summed E-state index contributed by atoms with van der Waals surface area (Å²) in [5, 5.41) is 17.0. The lowest BCUT2D eigenvalue weighted by Crippen LogP contribution is -2.51. The monoisotopic (exact) mass is 320 g/mol. The zero-order valence-corrected chi connectivity index (χ0v) is 14.5. The minimum Gasteiger partial charge on any atom is -0.393 e. The molecule has 0 bridgehead atoms. The van der Waals surface area contributed by atoms with Gasteiger partial charge in [0.2, 0.25) is 0 Å². The molecule has 1 saturated heterocycles. The molecule has 0 aromatic rings. The Bertz CT molecular complexity index is 294. The highest BCUT2D eigenvalue weighted by Gasteiger charge is 2.35. The molecule has 0 radical (unpaired) electrons. The zero-order valence-electron chi connectivity index (χ0n) is 13.7. The first-order valence-electron chi connectivity index (χ1n) is 8.20. The van der Waals surface area contributed by atoms with Gasteiger partial charge in [-0.1, -0.05) is 20.3 Å². The maximum atomic E-state index is 9.58. The van der Waals surface area contributed by atoms with Crippen molar-refractivity contribution < 1.29 is 9.84 Å². The number of aliphatic hydroxyl groups is 1. The van der Waals surface area contributed by atoms with Gasteiger partial charge in [-0.3, -0.25) is 0 Å². The Morgan fingerprint density at radius 2 is 2.14 bits per heavy atom. The third-order valence-corrected chi connectivity index (χ3v) is 4.73. The minimum absolute atomic E-state index is 0. The average Bonchev–Trinajstić information content (AvgIpc) is 2.84. The van der Waals surface area contributed by atoms with Crippen LogP contribution < -0.4 is 10.6 Å². The summed E-state index contributed by atoms with van der Waals surface area (Å²) < 4.78 is 5.62. The summed E-state index contributed by atoms with van der Waals surface area (Å²) >= 11 is 0. The molecule has 0 aromatic carbocycles. The molecule has 0 amide bonds. The maximum absolute atomic E-state index is 9.58. The molecule has 126 valence electrons. The number of rotatable bonds is 6. The Labute approximate surface area is 135 Å². The molecule has 5 heteroatoms. The number of ether oxygens (including phenoxy) is 1. The molecule has 4 atom stereocenters. The number of halogens is 1. The lowest BCUT2D eigenvalue weighted by Gasteiger charge is -2.35. The lowest BCUT2D eigenvalue weighted by atomic mass is 9.86. The molecule has 21 heavy (non-hydrogen) atoms. The van der Waals surface area contributed by atoms with Gasteiger partial charge in [0.25, 0.3) is 0 Å². The van der Waals surface area contributed by atoms with E-state index in [9.17, 15) is 5.11 Å². The van der Waals surface area contributed by atoms with Crippen LogP contribution in [-0.4, -0.2) is 49.6 Å². The molecule has 3 N–H and O–H groups in total. The Kier molecular flexibility index (Phi) is 7.93. The summed E-state index contributed by atoms with van der Waals surface area (Å²) in [6.45, 7) is 10.0. The highest BCUT2D eigenvalue weighted by molar-refractivity contribution is 5.85. The van der Waals surface area contributed by atoms with Crippen molar-refractivity contribution in [3.63, 3.8) is 0 Å². The molecular formula is C16H33ClN2O2. The molecule has 0 aromatic heterocycles. The van der Waals surface area contributed by atoms with Gasteiger partial charge in [0.05, 0.1) is 19.3 Å². The molecule has 4 nitrogen and oxygen atoms in total. The van der Waals surface area contributed by atoms with Gasteiger partial charge >= 0.3 is 0 Å². The van der Waals surface area contributed by atoms with E-state index in [4.69, 9.17) is 4.74 Å². The summed E-state index contributed by atoms with van der Waals surface area (Å²) in [5.41, 5.74) is 0.151. The Morgan fingerprint density at radius 1 is 1.38 bits per heavy atom. The fourth-order valence-electron chi connectivity index (χ4n) is 3.86. The predicted molar refractivity (Wildman–Crippen MR) is 89.1 cm³/mol. The van der Waals surface area contributed by atoms with Crippen LogP contribution >= 0.6 is 12.4 Å². The van der Waals surface area contributed by atoms with E-state index in [0.717, 1.165) is 32.7 Å². The molecule has 2 fully saturated rings. The normalized spacial score (nSPS) is 31.7. The third-order valence-electron chi connectivity index (χ3n) is 4.73. The van der Waals surface area contributed by atoms with Crippen LogP contribution in [0.1, 0.15) is 46.5 Å². The van der Waals surface area contributed by atoms with Crippen molar-refractivity contribution in [3.05, 3.63) is 0 Å². The molecule has 1 aliphatic carbocycles. The maximum Gasteiger partial charge on any atom is 0.0623 e. The third kappa shape index (κ3) is 6.03. The van der Waals surface area contributed by atoms with Crippen LogP contribution in [0.3, 0.4) is 0 Å². The van der Waals surface area contributed by atoms with E-state index in [2.05, 4.69) is 24.5 Å². The van der Waals surface area contributed by atoms with E-state index in [1.807, 2.05) is 6.92 Å². The van der Waals surface area contributed by atoms with Crippen LogP contribution in [0.15, 0.2) is 0 Å². The van der Waals surface area contributed by atoms with Gasteiger partial charge in [-0.05, 0) is 37.5 Å². The SMILES string of the molecule is CC(O)CC(C)(C)CNC1CCCC1C1COCCN1.Cl. The molecule has 1 saturated carbocycles. The van der Waals surface area contributed by atoms with Gasteiger partial charge < -0.3 is 20.5 Å². The number of hydrogen-bond acceptors (Lipinski definition) is 4. The molecule has 2 rings (SSSR count). The van der Waals surface area contributed by atoms with Crippen molar-refractivity contribution >= 4 is 12.4 Å². The van der Waals surface area contributed by atoms with Crippen LogP contribution in [0.5, 0.6) is 0 Å². The molecule has 2 aliphatic rings. The number of aliphatic hydroxyl groups excluding tert-OH is 1. The van der Waals surface area contributed by atoms with Crippen molar-refractivity contribution in [2.45, 2.75) is 64.6 Å². The van der Waals surface area contributed by atoms with E-state index in [-0.39, 0.29) is 23.9 Å². The summed E-state index contributed by atoms with van der Waals surface area (Å²) in [7, 11) is 0. The second-order valence-electron chi connectivity index (χ2n) is 7.44. The first-order chi connectivity index (χ1) is 9.48. The summed E-state index contributed by atoms with van der Waals surface area (Å²) in [4.78, 5) is 0. The van der Waals surface area contributed by atoms with E-state index in [1.54, 1.807) is 0 Å². The highest BCUT2D eigenvalue weighted by Crippen LogP contribution is 2.30. The number of nitrogens with one attached hydrogen (secondary N) is 2. The second kappa shape index (κ2) is 8.68. The molecule has 1 heterocycles.